The molecule has 1 amide bonds. The van der Waals surface area contributed by atoms with Crippen LogP contribution in [0.3, 0.4) is 0 Å². The quantitative estimate of drug-likeness (QED) is 0.484. The number of amides is 1. The second-order valence-electron chi connectivity index (χ2n) is 5.60. The van der Waals surface area contributed by atoms with Gasteiger partial charge in [-0.1, -0.05) is 78.9 Å². The van der Waals surface area contributed by atoms with Crippen molar-refractivity contribution in [3.05, 3.63) is 108 Å². The minimum absolute atomic E-state index is 0.171. The second-order valence-corrected chi connectivity index (χ2v) is 5.60. The van der Waals surface area contributed by atoms with Crippen molar-refractivity contribution in [2.75, 3.05) is 0 Å². The van der Waals surface area contributed by atoms with Crippen molar-refractivity contribution in [1.82, 2.24) is 0 Å². The number of aliphatic imine (C=N–C) groups is 1. The number of hydrogen-bond acceptors (Lipinski definition) is 3. The highest BCUT2D eigenvalue weighted by molar-refractivity contribution is 5.99. The van der Waals surface area contributed by atoms with Gasteiger partial charge in [0, 0.05) is 5.56 Å². The normalized spacial score (nSPS) is 11.0. The molecule has 0 unspecified atom stereocenters. The van der Waals surface area contributed by atoms with Gasteiger partial charge in [0.05, 0.1) is 0 Å². The van der Waals surface area contributed by atoms with Crippen molar-refractivity contribution in [2.45, 2.75) is 13.2 Å². The number of nitrogens with zero attached hydrogens (tertiary/aromatic N) is 1. The van der Waals surface area contributed by atoms with E-state index in [-0.39, 0.29) is 12.5 Å². The van der Waals surface area contributed by atoms with Gasteiger partial charge in [-0.05, 0) is 23.3 Å². The zero-order valence-electron chi connectivity index (χ0n) is 14.2. The van der Waals surface area contributed by atoms with Crippen LogP contribution in [0.15, 0.2) is 96.0 Å². The first-order valence-electron chi connectivity index (χ1n) is 8.33. The van der Waals surface area contributed by atoms with Gasteiger partial charge in [0.25, 0.3) is 0 Å². The molecule has 0 atom stereocenters. The van der Waals surface area contributed by atoms with E-state index in [0.29, 0.717) is 6.61 Å². The third kappa shape index (κ3) is 5.31. The van der Waals surface area contributed by atoms with E-state index in [1.165, 1.54) is 0 Å². The predicted octanol–water partition coefficient (Wildman–Crippen LogP) is 4.99. The number of hydrogen-bond donors (Lipinski definition) is 0. The van der Waals surface area contributed by atoms with E-state index in [9.17, 15) is 4.79 Å². The predicted molar refractivity (Wildman–Crippen MR) is 101 cm³/mol. The maximum absolute atomic E-state index is 12.1. The third-order valence-electron chi connectivity index (χ3n) is 3.64. The summed E-state index contributed by atoms with van der Waals surface area (Å²) in [6, 6.07) is 28.5. The summed E-state index contributed by atoms with van der Waals surface area (Å²) in [5, 5.41) is 0. The lowest BCUT2D eigenvalue weighted by Gasteiger charge is -2.10. The molecule has 26 heavy (non-hydrogen) atoms. The molecule has 0 aliphatic rings. The lowest BCUT2D eigenvalue weighted by molar-refractivity contribution is 0.149. The molecular weight excluding hydrogens is 326 g/mol. The molecule has 0 saturated carbocycles. The Kier molecular flexibility index (Phi) is 6.15. The highest BCUT2D eigenvalue weighted by atomic mass is 16.6. The first-order valence-corrected chi connectivity index (χ1v) is 8.33. The Balaban J connectivity index is 1.69. The van der Waals surface area contributed by atoms with E-state index >= 15 is 0 Å². The van der Waals surface area contributed by atoms with Gasteiger partial charge < -0.3 is 9.47 Å². The molecule has 3 aromatic rings. The van der Waals surface area contributed by atoms with Crippen LogP contribution in [-0.2, 0) is 22.7 Å². The van der Waals surface area contributed by atoms with Gasteiger partial charge in [0.2, 0.25) is 5.90 Å². The molecule has 0 fully saturated rings. The van der Waals surface area contributed by atoms with E-state index in [0.717, 1.165) is 16.7 Å². The van der Waals surface area contributed by atoms with Crippen LogP contribution >= 0.6 is 0 Å². The van der Waals surface area contributed by atoms with Gasteiger partial charge in [-0.3, -0.25) is 0 Å². The van der Waals surface area contributed by atoms with Crippen molar-refractivity contribution in [3.63, 3.8) is 0 Å². The molecule has 4 nitrogen and oxygen atoms in total. The molecule has 0 aromatic heterocycles. The first-order chi connectivity index (χ1) is 12.8. The van der Waals surface area contributed by atoms with Gasteiger partial charge >= 0.3 is 6.09 Å². The molecule has 130 valence electrons. The monoisotopic (exact) mass is 345 g/mol. The highest BCUT2D eigenvalue weighted by Gasteiger charge is 2.10. The minimum atomic E-state index is -0.680. The van der Waals surface area contributed by atoms with E-state index in [1.54, 1.807) is 0 Å². The number of ether oxygens (including phenoxy) is 2. The van der Waals surface area contributed by atoms with E-state index in [2.05, 4.69) is 4.99 Å². The van der Waals surface area contributed by atoms with Crippen LogP contribution in [0, 0.1) is 0 Å². The molecule has 0 bridgehead atoms. The molecule has 0 aliphatic carbocycles. The fourth-order valence-corrected chi connectivity index (χ4v) is 2.32. The maximum atomic E-state index is 12.1. The van der Waals surface area contributed by atoms with Crippen LogP contribution in [0.2, 0.25) is 0 Å². The Morgan fingerprint density at radius 2 is 1.12 bits per heavy atom. The van der Waals surface area contributed by atoms with Crippen LogP contribution in [0.1, 0.15) is 16.7 Å². The molecular formula is C22H19NO3. The lowest BCUT2D eigenvalue weighted by Crippen LogP contribution is -2.11. The minimum Gasteiger partial charge on any atom is -0.472 e. The molecule has 3 rings (SSSR count). The second kappa shape index (κ2) is 9.18. The van der Waals surface area contributed by atoms with Crippen LogP contribution in [0.4, 0.5) is 4.79 Å². The SMILES string of the molecule is O=C(/N=C(/OCc1ccccc1)c1ccccc1)OCc1ccccc1. The average Bonchev–Trinajstić information content (AvgIpc) is 2.72. The van der Waals surface area contributed by atoms with E-state index < -0.39 is 6.09 Å². The lowest BCUT2D eigenvalue weighted by atomic mass is 10.2. The molecule has 0 aliphatic heterocycles. The molecule has 0 spiro atoms. The summed E-state index contributed by atoms with van der Waals surface area (Å²) in [5.41, 5.74) is 2.62. The summed E-state index contributed by atoms with van der Waals surface area (Å²) >= 11 is 0. The fourth-order valence-electron chi connectivity index (χ4n) is 2.32. The van der Waals surface area contributed by atoms with E-state index in [1.807, 2.05) is 91.0 Å². The zero-order chi connectivity index (χ0) is 18.0. The molecule has 3 aromatic carbocycles. The van der Waals surface area contributed by atoms with Crippen LogP contribution in [0.5, 0.6) is 0 Å². The molecule has 0 heterocycles. The largest absolute Gasteiger partial charge is 0.472 e. The Morgan fingerprint density at radius 1 is 0.654 bits per heavy atom. The van der Waals surface area contributed by atoms with Gasteiger partial charge in [0.1, 0.15) is 13.2 Å². The average molecular weight is 345 g/mol. The Hall–Kier alpha value is -3.40. The molecule has 0 saturated heterocycles. The summed E-state index contributed by atoms with van der Waals surface area (Å²) in [6.45, 7) is 0.491. The van der Waals surface area contributed by atoms with Crippen LogP contribution in [0.25, 0.3) is 0 Å². The maximum Gasteiger partial charge on any atom is 0.437 e. The number of benzene rings is 3. The molecule has 4 heteroatoms. The van der Waals surface area contributed by atoms with Gasteiger partial charge in [-0.25, -0.2) is 4.79 Å². The number of carbonyl (C=O) groups is 1. The molecule has 0 N–H and O–H groups in total. The van der Waals surface area contributed by atoms with Crippen molar-refractivity contribution in [2.24, 2.45) is 4.99 Å². The summed E-state index contributed by atoms with van der Waals surface area (Å²) in [5.74, 6) is 0.243. The molecule has 0 radical (unpaired) electrons. The smallest absolute Gasteiger partial charge is 0.437 e. The standard InChI is InChI=1S/C22H19NO3/c24-22(26-17-19-12-6-2-7-13-19)23-21(20-14-8-3-9-15-20)25-16-18-10-4-1-5-11-18/h1-15H,16-17H2/b23-21+. The summed E-state index contributed by atoms with van der Waals surface area (Å²) in [7, 11) is 0. The zero-order valence-corrected chi connectivity index (χ0v) is 14.2. The topological polar surface area (TPSA) is 47.9 Å². The van der Waals surface area contributed by atoms with Gasteiger partial charge in [0.15, 0.2) is 0 Å². The Morgan fingerprint density at radius 3 is 1.65 bits per heavy atom. The van der Waals surface area contributed by atoms with Crippen molar-refractivity contribution < 1.29 is 14.3 Å². The summed E-state index contributed by atoms with van der Waals surface area (Å²) in [4.78, 5) is 16.1. The van der Waals surface area contributed by atoms with Crippen molar-refractivity contribution in [1.29, 1.82) is 0 Å². The van der Waals surface area contributed by atoms with Gasteiger partial charge in [-0.15, -0.1) is 4.99 Å². The van der Waals surface area contributed by atoms with E-state index in [4.69, 9.17) is 9.47 Å². The van der Waals surface area contributed by atoms with Crippen molar-refractivity contribution >= 4 is 12.0 Å². The summed E-state index contributed by atoms with van der Waals surface area (Å²) < 4.78 is 11.0. The number of carbonyl (C=O) groups excluding carboxylic acids is 1. The Bertz CT molecular complexity index is 846. The highest BCUT2D eigenvalue weighted by Crippen LogP contribution is 2.09. The Labute approximate surface area is 152 Å². The number of rotatable bonds is 5. The van der Waals surface area contributed by atoms with Gasteiger partial charge in [-0.2, -0.15) is 0 Å². The van der Waals surface area contributed by atoms with Crippen LogP contribution < -0.4 is 0 Å². The summed E-state index contributed by atoms with van der Waals surface area (Å²) in [6.07, 6.45) is -0.680. The van der Waals surface area contributed by atoms with Crippen molar-refractivity contribution in [3.8, 4) is 0 Å². The third-order valence-corrected chi connectivity index (χ3v) is 3.64. The van der Waals surface area contributed by atoms with Crippen LogP contribution in [-0.4, -0.2) is 12.0 Å². The first kappa shape index (κ1) is 17.4. The fraction of sp³-hybridized carbons (Fsp3) is 0.0909.